The average molecular weight is 964 g/mol. The zero-order valence-corrected chi connectivity index (χ0v) is 45.2. The monoisotopic (exact) mass is 963 g/mol. The van der Waals surface area contributed by atoms with Crippen molar-refractivity contribution in [2.75, 3.05) is 4.90 Å². The van der Waals surface area contributed by atoms with Gasteiger partial charge in [0.2, 0.25) is 0 Å². The Balaban J connectivity index is 1.04. The van der Waals surface area contributed by atoms with E-state index >= 15 is 0 Å². The summed E-state index contributed by atoms with van der Waals surface area (Å²) in [4.78, 5) is 2.43. The highest BCUT2D eigenvalue weighted by Gasteiger charge is 2.35. The summed E-state index contributed by atoms with van der Waals surface area (Å²) in [5, 5.41) is 7.43. The molecule has 0 atom stereocenters. The van der Waals surface area contributed by atoms with Crippen molar-refractivity contribution >= 4 is 103 Å². The van der Waals surface area contributed by atoms with E-state index in [1.165, 1.54) is 98.3 Å². The van der Waals surface area contributed by atoms with Gasteiger partial charge < -0.3 is 4.90 Å². The van der Waals surface area contributed by atoms with E-state index in [0.717, 1.165) is 17.1 Å². The van der Waals surface area contributed by atoms with Gasteiger partial charge in [-0.05, 0) is 155 Å². The van der Waals surface area contributed by atoms with Crippen LogP contribution < -0.4 is 30.8 Å². The number of aryl methyl sites for hydroxylation is 1. The molecule has 1 nitrogen and oxygen atoms in total. The standard InChI is InChI=1S/C67H61NSi3/c1-47-20-8-12-24-57(47)60(44-51-21-9-15-27-63(51)69(2)3)48-32-38-54(39-33-48)68(55-40-34-49(35-41-55)61-45-52-22-10-16-28-64(52)70(4,5)66-30-18-13-25-58(61)66)56-42-36-50(37-43-56)62-46-53-23-11-17-29-65(53)71(6,7)67-31-19-14-26-59(62)67/h8-46,69H,1-7H3/b60-44-. The van der Waals surface area contributed by atoms with Crippen LogP contribution in [0.2, 0.25) is 39.3 Å². The first-order chi connectivity index (χ1) is 34.5. The van der Waals surface area contributed by atoms with Crippen molar-refractivity contribution in [3.63, 3.8) is 0 Å². The van der Waals surface area contributed by atoms with E-state index in [1.807, 2.05) is 0 Å². The number of hydrogen-bond donors (Lipinski definition) is 0. The molecule has 71 heavy (non-hydrogen) atoms. The molecule has 4 heteroatoms. The molecule has 0 fully saturated rings. The third-order valence-corrected chi connectivity index (χ3v) is 24.3. The summed E-state index contributed by atoms with van der Waals surface area (Å²) in [7, 11) is -5.02. The van der Waals surface area contributed by atoms with Gasteiger partial charge in [-0.25, -0.2) is 0 Å². The molecule has 0 radical (unpaired) electrons. The van der Waals surface area contributed by atoms with Gasteiger partial charge in [0, 0.05) is 17.1 Å². The van der Waals surface area contributed by atoms with E-state index in [2.05, 4.69) is 288 Å². The van der Waals surface area contributed by atoms with E-state index in [9.17, 15) is 0 Å². The van der Waals surface area contributed by atoms with Crippen molar-refractivity contribution in [2.45, 2.75) is 46.2 Å². The smallest absolute Gasteiger partial charge is 0.113 e. The molecule has 0 N–H and O–H groups in total. The molecule has 0 saturated heterocycles. The molecule has 2 aliphatic rings. The van der Waals surface area contributed by atoms with Crippen molar-refractivity contribution in [1.82, 2.24) is 0 Å². The lowest BCUT2D eigenvalue weighted by molar-refractivity contribution is 1.28. The van der Waals surface area contributed by atoms with Gasteiger partial charge in [0.15, 0.2) is 0 Å². The van der Waals surface area contributed by atoms with Crippen LogP contribution in [0, 0.1) is 6.92 Å². The zero-order valence-electron chi connectivity index (χ0n) is 42.0. The Morgan fingerprint density at radius 1 is 0.423 bits per heavy atom. The lowest BCUT2D eigenvalue weighted by Crippen LogP contribution is -2.54. The van der Waals surface area contributed by atoms with Crippen molar-refractivity contribution in [3.05, 3.63) is 274 Å². The Kier molecular flexibility index (Phi) is 12.2. The summed E-state index contributed by atoms with van der Waals surface area (Å²) >= 11 is 0. The van der Waals surface area contributed by atoms with Crippen molar-refractivity contribution in [3.8, 4) is 0 Å². The second kappa shape index (κ2) is 18.8. The zero-order chi connectivity index (χ0) is 48.9. The molecular formula is C67H61NSi3. The van der Waals surface area contributed by atoms with Crippen LogP contribution in [0.15, 0.2) is 218 Å². The largest absolute Gasteiger partial charge is 0.311 e. The topological polar surface area (TPSA) is 3.24 Å². The number of nitrogens with zero attached hydrogens (tertiary/aromatic N) is 1. The van der Waals surface area contributed by atoms with Gasteiger partial charge in [0.25, 0.3) is 0 Å². The minimum Gasteiger partial charge on any atom is -0.311 e. The summed E-state index contributed by atoms with van der Waals surface area (Å²) in [5.41, 5.74) is 20.0. The second-order valence-corrected chi connectivity index (χ2v) is 32.4. The maximum atomic E-state index is 2.50. The van der Waals surface area contributed by atoms with Crippen LogP contribution in [0.25, 0.3) is 34.9 Å². The minimum atomic E-state index is -1.97. The van der Waals surface area contributed by atoms with Crippen LogP contribution in [0.3, 0.4) is 0 Å². The van der Waals surface area contributed by atoms with Gasteiger partial charge in [-0.15, -0.1) is 0 Å². The van der Waals surface area contributed by atoms with Gasteiger partial charge in [0.05, 0.1) is 8.80 Å². The summed E-state index contributed by atoms with van der Waals surface area (Å²) in [6.07, 6.45) is 7.30. The first-order valence-electron chi connectivity index (χ1n) is 25.3. The van der Waals surface area contributed by atoms with Crippen LogP contribution in [-0.4, -0.2) is 24.9 Å². The van der Waals surface area contributed by atoms with Crippen LogP contribution in [0.5, 0.6) is 0 Å². The highest BCUT2D eigenvalue weighted by Crippen LogP contribution is 2.40. The highest BCUT2D eigenvalue weighted by atomic mass is 28.3. The number of anilines is 3. The van der Waals surface area contributed by atoms with Crippen LogP contribution in [0.4, 0.5) is 17.1 Å². The average Bonchev–Trinajstić information content (AvgIpc) is 3.56. The SMILES string of the molecule is Cc1ccccc1/C(=C\c1ccccc1[SiH](C)C)c1ccc(N(c2ccc(C3=Cc4ccccc4[Si](C)(C)c4ccccc43)cc2)c2ccc(C3=Cc4ccccc4[Si](C)(C)c4ccccc43)cc2)cc1. The molecule has 2 heterocycles. The summed E-state index contributed by atoms with van der Waals surface area (Å²) in [6.45, 7) is 17.1. The summed E-state index contributed by atoms with van der Waals surface area (Å²) in [6, 6.07) is 82.0. The second-order valence-electron chi connectivity index (χ2n) is 20.8. The number of rotatable bonds is 9. The number of benzene rings is 9. The van der Waals surface area contributed by atoms with Gasteiger partial charge in [-0.1, -0.05) is 226 Å². The third-order valence-electron chi connectivity index (χ3n) is 15.3. The Morgan fingerprint density at radius 3 is 1.32 bits per heavy atom. The van der Waals surface area contributed by atoms with Gasteiger partial charge >= 0.3 is 0 Å². The fourth-order valence-corrected chi connectivity index (χ4v) is 19.0. The molecule has 0 bridgehead atoms. The van der Waals surface area contributed by atoms with Crippen LogP contribution in [-0.2, 0) is 0 Å². The first kappa shape index (κ1) is 46.1. The Morgan fingerprint density at radius 2 is 0.831 bits per heavy atom. The van der Waals surface area contributed by atoms with E-state index in [0.29, 0.717) is 0 Å². The normalized spacial score (nSPS) is 14.5. The molecular weight excluding hydrogens is 903 g/mol. The van der Waals surface area contributed by atoms with Gasteiger partial charge in [-0.2, -0.15) is 0 Å². The lowest BCUT2D eigenvalue weighted by atomic mass is 9.92. The predicted octanol–water partition coefficient (Wildman–Crippen LogP) is 14.2. The summed E-state index contributed by atoms with van der Waals surface area (Å²) < 4.78 is 0. The van der Waals surface area contributed by atoms with Crippen LogP contribution in [0.1, 0.15) is 55.6 Å². The van der Waals surface area contributed by atoms with Crippen molar-refractivity contribution in [2.24, 2.45) is 0 Å². The Labute approximate surface area is 425 Å². The maximum Gasteiger partial charge on any atom is 0.113 e. The fraction of sp³-hybridized carbons (Fsp3) is 0.104. The Hall–Kier alpha value is -7.35. The van der Waals surface area contributed by atoms with Crippen molar-refractivity contribution in [1.29, 1.82) is 0 Å². The molecule has 0 amide bonds. The predicted molar refractivity (Wildman–Crippen MR) is 317 cm³/mol. The molecule has 9 aromatic carbocycles. The fourth-order valence-electron chi connectivity index (χ4n) is 11.5. The number of fused-ring (bicyclic) bond motifs is 4. The highest BCUT2D eigenvalue weighted by molar-refractivity contribution is 7.02. The number of hydrogen-bond acceptors (Lipinski definition) is 1. The quantitative estimate of drug-likeness (QED) is 0.103. The molecule has 346 valence electrons. The molecule has 0 saturated carbocycles. The molecule has 2 aliphatic heterocycles. The van der Waals surface area contributed by atoms with Gasteiger partial charge in [-0.3, -0.25) is 0 Å². The lowest BCUT2D eigenvalue weighted by Gasteiger charge is -2.27. The van der Waals surface area contributed by atoms with E-state index in [4.69, 9.17) is 0 Å². The minimum absolute atomic E-state index is 1.08. The Bertz CT molecular complexity index is 3390. The van der Waals surface area contributed by atoms with E-state index in [1.54, 1.807) is 0 Å². The maximum absolute atomic E-state index is 2.50. The summed E-state index contributed by atoms with van der Waals surface area (Å²) in [5.74, 6) is 0. The van der Waals surface area contributed by atoms with Crippen molar-refractivity contribution < 1.29 is 0 Å². The molecule has 0 aromatic heterocycles. The molecule has 9 aromatic rings. The van der Waals surface area contributed by atoms with E-state index in [-0.39, 0.29) is 0 Å². The molecule has 11 rings (SSSR count). The molecule has 0 aliphatic carbocycles. The van der Waals surface area contributed by atoms with Gasteiger partial charge in [0.1, 0.15) is 16.1 Å². The van der Waals surface area contributed by atoms with E-state index < -0.39 is 24.9 Å². The first-order valence-corrected chi connectivity index (χ1v) is 34.2. The molecule has 0 spiro atoms. The molecule has 0 unspecified atom stereocenters. The third kappa shape index (κ3) is 8.50. The van der Waals surface area contributed by atoms with Crippen LogP contribution >= 0.6 is 0 Å².